The summed E-state index contributed by atoms with van der Waals surface area (Å²) in [5, 5.41) is 7.81. The van der Waals surface area contributed by atoms with Crippen LogP contribution < -0.4 is 0 Å². The second kappa shape index (κ2) is 10.9. The van der Waals surface area contributed by atoms with Gasteiger partial charge >= 0.3 is 0 Å². The topological polar surface area (TPSA) is 64.7 Å². The van der Waals surface area contributed by atoms with E-state index in [4.69, 9.17) is 24.4 Å². The molecule has 0 aliphatic rings. The fourth-order valence-electron chi connectivity index (χ4n) is 7.13. The molecule has 0 radical (unpaired) electrons. The molecule has 5 nitrogen and oxygen atoms in total. The Labute approximate surface area is 281 Å². The SMILES string of the molecule is c1ccc(-c2nc(-c3ccccc3-c3cc4ccccc4c4c3oc3cccnc34)nc(-c3cc4ccccc4c4ccccc34)n2)cc1. The molecule has 0 unspecified atom stereocenters. The lowest BCUT2D eigenvalue weighted by Gasteiger charge is -2.14. The first-order valence-electron chi connectivity index (χ1n) is 16.3. The van der Waals surface area contributed by atoms with Crippen molar-refractivity contribution in [2.75, 3.05) is 0 Å². The van der Waals surface area contributed by atoms with E-state index < -0.39 is 0 Å². The molecule has 0 saturated heterocycles. The van der Waals surface area contributed by atoms with E-state index in [0.29, 0.717) is 17.5 Å². The summed E-state index contributed by atoms with van der Waals surface area (Å²) < 4.78 is 6.60. The van der Waals surface area contributed by atoms with Gasteiger partial charge in [0, 0.05) is 28.5 Å². The maximum absolute atomic E-state index is 6.60. The summed E-state index contributed by atoms with van der Waals surface area (Å²) in [6, 6.07) is 52.1. The highest BCUT2D eigenvalue weighted by Gasteiger charge is 2.22. The van der Waals surface area contributed by atoms with E-state index in [2.05, 4.69) is 103 Å². The molecule has 3 heterocycles. The van der Waals surface area contributed by atoms with Crippen LogP contribution in [0.25, 0.3) is 99.7 Å². The monoisotopic (exact) mass is 626 g/mol. The average Bonchev–Trinajstić information content (AvgIpc) is 3.58. The molecule has 0 bridgehead atoms. The minimum atomic E-state index is 0.590. The lowest BCUT2D eigenvalue weighted by molar-refractivity contribution is 0.669. The van der Waals surface area contributed by atoms with Gasteiger partial charge in [-0.3, -0.25) is 4.98 Å². The molecule has 0 aliphatic heterocycles. The average molecular weight is 627 g/mol. The molecule has 0 aliphatic carbocycles. The zero-order valence-electron chi connectivity index (χ0n) is 26.2. The van der Waals surface area contributed by atoms with Crippen molar-refractivity contribution < 1.29 is 4.42 Å². The summed E-state index contributed by atoms with van der Waals surface area (Å²) >= 11 is 0. The van der Waals surface area contributed by atoms with E-state index in [9.17, 15) is 0 Å². The van der Waals surface area contributed by atoms with Crippen LogP contribution in [-0.2, 0) is 0 Å². The molecule has 0 spiro atoms. The number of furan rings is 1. The second-order valence-corrected chi connectivity index (χ2v) is 12.2. The number of nitrogens with zero attached hydrogens (tertiary/aromatic N) is 4. The molecule has 0 fully saturated rings. The van der Waals surface area contributed by atoms with Gasteiger partial charge in [0.05, 0.1) is 5.39 Å². The van der Waals surface area contributed by atoms with Gasteiger partial charge in [-0.1, -0.05) is 127 Å². The van der Waals surface area contributed by atoms with Crippen molar-refractivity contribution in [3.63, 3.8) is 0 Å². The zero-order chi connectivity index (χ0) is 32.3. The van der Waals surface area contributed by atoms with Crippen molar-refractivity contribution in [1.82, 2.24) is 19.9 Å². The molecular weight excluding hydrogens is 601 g/mol. The third-order valence-corrected chi connectivity index (χ3v) is 9.36. The molecule has 228 valence electrons. The summed E-state index contributed by atoms with van der Waals surface area (Å²) in [6.45, 7) is 0. The van der Waals surface area contributed by atoms with E-state index in [1.54, 1.807) is 0 Å². The number of rotatable bonds is 4. The quantitative estimate of drug-likeness (QED) is 0.182. The highest BCUT2D eigenvalue weighted by Crippen LogP contribution is 2.43. The molecule has 49 heavy (non-hydrogen) atoms. The molecule has 3 aromatic heterocycles. The van der Waals surface area contributed by atoms with Crippen molar-refractivity contribution in [1.29, 1.82) is 0 Å². The number of fused-ring (bicyclic) bond motifs is 8. The van der Waals surface area contributed by atoms with Crippen LogP contribution in [0, 0.1) is 0 Å². The van der Waals surface area contributed by atoms with Crippen molar-refractivity contribution in [2.24, 2.45) is 0 Å². The van der Waals surface area contributed by atoms with Crippen LogP contribution in [0.5, 0.6) is 0 Å². The number of aromatic nitrogens is 4. The Morgan fingerprint density at radius 3 is 1.82 bits per heavy atom. The maximum Gasteiger partial charge on any atom is 0.164 e. The summed E-state index contributed by atoms with van der Waals surface area (Å²) in [5.74, 6) is 1.83. The first-order chi connectivity index (χ1) is 24.3. The second-order valence-electron chi connectivity index (χ2n) is 12.2. The molecule has 5 heteroatoms. The largest absolute Gasteiger partial charge is 0.454 e. The highest BCUT2D eigenvalue weighted by atomic mass is 16.3. The van der Waals surface area contributed by atoms with Crippen molar-refractivity contribution >= 4 is 54.4 Å². The normalized spacial score (nSPS) is 11.7. The molecular formula is C44H26N4O. The number of benzene rings is 7. The molecule has 0 saturated carbocycles. The van der Waals surface area contributed by atoms with Gasteiger partial charge in [-0.05, 0) is 62.1 Å². The van der Waals surface area contributed by atoms with E-state index in [1.807, 2.05) is 54.7 Å². The lowest BCUT2D eigenvalue weighted by Crippen LogP contribution is -2.01. The summed E-state index contributed by atoms with van der Waals surface area (Å²) in [5.41, 5.74) is 7.10. The molecule has 0 atom stereocenters. The third-order valence-electron chi connectivity index (χ3n) is 9.36. The smallest absolute Gasteiger partial charge is 0.164 e. The maximum atomic E-state index is 6.60. The number of hydrogen-bond acceptors (Lipinski definition) is 5. The Morgan fingerprint density at radius 1 is 0.408 bits per heavy atom. The van der Waals surface area contributed by atoms with Gasteiger partial charge in [-0.15, -0.1) is 0 Å². The third kappa shape index (κ3) is 4.40. The first-order valence-corrected chi connectivity index (χ1v) is 16.3. The van der Waals surface area contributed by atoms with Gasteiger partial charge in [0.1, 0.15) is 11.1 Å². The van der Waals surface area contributed by atoms with Crippen molar-refractivity contribution in [2.45, 2.75) is 0 Å². The van der Waals surface area contributed by atoms with Crippen LogP contribution >= 0.6 is 0 Å². The Kier molecular flexibility index (Phi) is 6.11. The fraction of sp³-hybridized carbons (Fsp3) is 0. The van der Waals surface area contributed by atoms with E-state index >= 15 is 0 Å². The lowest BCUT2D eigenvalue weighted by atomic mass is 9.94. The molecule has 10 rings (SSSR count). The van der Waals surface area contributed by atoms with Crippen LogP contribution in [0.15, 0.2) is 162 Å². The minimum absolute atomic E-state index is 0.590. The Hall–Kier alpha value is -6.72. The van der Waals surface area contributed by atoms with Crippen LogP contribution in [0.3, 0.4) is 0 Å². The number of hydrogen-bond donors (Lipinski definition) is 0. The zero-order valence-corrected chi connectivity index (χ0v) is 26.2. The Bertz CT molecular complexity index is 2890. The predicted octanol–water partition coefficient (Wildman–Crippen LogP) is 11.3. The molecule has 10 aromatic rings. The fourth-order valence-corrected chi connectivity index (χ4v) is 7.13. The first kappa shape index (κ1) is 27.4. The van der Waals surface area contributed by atoms with E-state index in [1.165, 1.54) is 5.39 Å². The molecule has 7 aromatic carbocycles. The summed E-state index contributed by atoms with van der Waals surface area (Å²) in [7, 11) is 0. The minimum Gasteiger partial charge on any atom is -0.454 e. The van der Waals surface area contributed by atoms with E-state index in [0.717, 1.165) is 76.8 Å². The van der Waals surface area contributed by atoms with Gasteiger partial charge in [-0.2, -0.15) is 0 Å². The highest BCUT2D eigenvalue weighted by molar-refractivity contribution is 6.22. The van der Waals surface area contributed by atoms with Gasteiger partial charge in [0.2, 0.25) is 0 Å². The van der Waals surface area contributed by atoms with Crippen molar-refractivity contribution in [3.05, 3.63) is 158 Å². The van der Waals surface area contributed by atoms with Crippen molar-refractivity contribution in [3.8, 4) is 45.3 Å². The van der Waals surface area contributed by atoms with E-state index in [-0.39, 0.29) is 0 Å². The standard InChI is InChI=1S/C44H26N4O/c1-2-13-27(14-3-1)42-46-43(48-44(47-42)37-26-28-15-4-6-17-30(28)32-19-8-9-20-33(32)37)35-22-11-10-21-34(35)36-25-29-16-5-7-18-31(29)39-40-38(49-41(36)39)23-12-24-45-40/h1-26H. The van der Waals surface area contributed by atoms with Gasteiger partial charge in [0.25, 0.3) is 0 Å². The Balaban J connectivity index is 1.27. The van der Waals surface area contributed by atoms with Crippen LogP contribution in [0.2, 0.25) is 0 Å². The van der Waals surface area contributed by atoms with Gasteiger partial charge < -0.3 is 4.42 Å². The van der Waals surface area contributed by atoms with Gasteiger partial charge in [-0.25, -0.2) is 15.0 Å². The van der Waals surface area contributed by atoms with Gasteiger partial charge in [0.15, 0.2) is 23.1 Å². The molecule has 0 amide bonds. The van der Waals surface area contributed by atoms with Crippen LogP contribution in [0.1, 0.15) is 0 Å². The summed E-state index contributed by atoms with van der Waals surface area (Å²) in [4.78, 5) is 20.3. The summed E-state index contributed by atoms with van der Waals surface area (Å²) in [6.07, 6.45) is 1.82. The van der Waals surface area contributed by atoms with Crippen LogP contribution in [0.4, 0.5) is 0 Å². The van der Waals surface area contributed by atoms with Crippen LogP contribution in [-0.4, -0.2) is 19.9 Å². The number of pyridine rings is 1. The molecule has 0 N–H and O–H groups in total. The predicted molar refractivity (Wildman–Crippen MR) is 199 cm³/mol. The Morgan fingerprint density at radius 2 is 1.00 bits per heavy atom.